The molecule has 0 saturated carbocycles. The number of hydrogen-bond acceptors (Lipinski definition) is 3. The monoisotopic (exact) mass is 387 g/mol. The SMILES string of the molecule is CCCCCNc1nnc(-c2ccc(Br)cc2)cc1C(F)(F)F. The molecule has 7 heteroatoms. The van der Waals surface area contributed by atoms with Crippen LogP contribution in [0.25, 0.3) is 11.3 Å². The predicted octanol–water partition coefficient (Wildman–Crippen LogP) is 5.53. The molecular weight excluding hydrogens is 371 g/mol. The Kier molecular flexibility index (Phi) is 5.98. The molecule has 0 bridgehead atoms. The fourth-order valence-corrected chi connectivity index (χ4v) is 2.35. The molecule has 0 aliphatic heterocycles. The third kappa shape index (κ3) is 4.92. The number of halogens is 4. The summed E-state index contributed by atoms with van der Waals surface area (Å²) in [7, 11) is 0. The lowest BCUT2D eigenvalue weighted by Gasteiger charge is -2.14. The van der Waals surface area contributed by atoms with Gasteiger partial charge in [-0.05, 0) is 24.6 Å². The van der Waals surface area contributed by atoms with Crippen molar-refractivity contribution in [2.75, 3.05) is 11.9 Å². The van der Waals surface area contributed by atoms with Crippen molar-refractivity contribution in [3.05, 3.63) is 40.4 Å². The number of unbranched alkanes of at least 4 members (excludes halogenated alkanes) is 2. The summed E-state index contributed by atoms with van der Waals surface area (Å²) in [5, 5.41) is 10.4. The van der Waals surface area contributed by atoms with E-state index in [0.717, 1.165) is 29.8 Å². The first kappa shape index (κ1) is 17.7. The van der Waals surface area contributed by atoms with E-state index in [2.05, 4.69) is 31.4 Å². The highest BCUT2D eigenvalue weighted by Crippen LogP contribution is 2.35. The van der Waals surface area contributed by atoms with E-state index in [9.17, 15) is 13.2 Å². The van der Waals surface area contributed by atoms with Crippen LogP contribution in [0, 0.1) is 0 Å². The first-order valence-corrected chi connectivity index (χ1v) is 8.16. The van der Waals surface area contributed by atoms with Crippen LogP contribution in [0.2, 0.25) is 0 Å². The van der Waals surface area contributed by atoms with Gasteiger partial charge in [-0.3, -0.25) is 0 Å². The third-order valence-corrected chi connectivity index (χ3v) is 3.84. The van der Waals surface area contributed by atoms with Crippen LogP contribution in [0.3, 0.4) is 0 Å². The summed E-state index contributed by atoms with van der Waals surface area (Å²) in [6, 6.07) is 7.94. The standard InChI is InChI=1S/C16H17BrF3N3/c1-2-3-4-9-21-15-13(16(18,19)20)10-14(22-23-15)11-5-7-12(17)8-6-11/h5-8,10H,2-4,9H2,1H3,(H,21,23). The predicted molar refractivity (Wildman–Crippen MR) is 88.2 cm³/mol. The number of nitrogens with zero attached hydrogens (tertiary/aromatic N) is 2. The number of rotatable bonds is 6. The van der Waals surface area contributed by atoms with Gasteiger partial charge in [0.2, 0.25) is 0 Å². The van der Waals surface area contributed by atoms with Crippen LogP contribution in [0.5, 0.6) is 0 Å². The summed E-state index contributed by atoms with van der Waals surface area (Å²) in [6.45, 7) is 2.48. The van der Waals surface area contributed by atoms with Crippen molar-refractivity contribution in [1.29, 1.82) is 0 Å². The van der Waals surface area contributed by atoms with Gasteiger partial charge >= 0.3 is 6.18 Å². The maximum Gasteiger partial charge on any atom is 0.420 e. The van der Waals surface area contributed by atoms with E-state index in [4.69, 9.17) is 0 Å². The Morgan fingerprint density at radius 3 is 2.39 bits per heavy atom. The van der Waals surface area contributed by atoms with E-state index in [0.29, 0.717) is 12.1 Å². The molecule has 0 amide bonds. The fraction of sp³-hybridized carbons (Fsp3) is 0.375. The third-order valence-electron chi connectivity index (χ3n) is 3.31. The molecule has 0 aliphatic rings. The van der Waals surface area contributed by atoms with Crippen molar-refractivity contribution in [2.24, 2.45) is 0 Å². The summed E-state index contributed by atoms with van der Waals surface area (Å²) in [5.74, 6) is -0.213. The zero-order chi connectivity index (χ0) is 16.9. The smallest absolute Gasteiger partial charge is 0.368 e. The summed E-state index contributed by atoms with van der Waals surface area (Å²) in [6.07, 6.45) is -1.72. The van der Waals surface area contributed by atoms with Crippen molar-refractivity contribution in [3.8, 4) is 11.3 Å². The average Bonchev–Trinajstić information content (AvgIpc) is 2.51. The second-order valence-corrected chi connectivity index (χ2v) is 6.05. The molecule has 0 atom stereocenters. The molecule has 1 heterocycles. The highest BCUT2D eigenvalue weighted by Gasteiger charge is 2.35. The first-order chi connectivity index (χ1) is 10.9. The van der Waals surface area contributed by atoms with Crippen LogP contribution in [0.15, 0.2) is 34.8 Å². The van der Waals surface area contributed by atoms with E-state index < -0.39 is 11.7 Å². The maximum atomic E-state index is 13.3. The summed E-state index contributed by atoms with van der Waals surface area (Å²) in [4.78, 5) is 0. The minimum Gasteiger partial charge on any atom is -0.368 e. The lowest BCUT2D eigenvalue weighted by atomic mass is 10.1. The lowest BCUT2D eigenvalue weighted by Crippen LogP contribution is -2.14. The first-order valence-electron chi connectivity index (χ1n) is 7.36. The van der Waals surface area contributed by atoms with Gasteiger partial charge in [0.25, 0.3) is 0 Å². The van der Waals surface area contributed by atoms with Gasteiger partial charge in [0.1, 0.15) is 5.56 Å². The van der Waals surface area contributed by atoms with E-state index in [-0.39, 0.29) is 11.5 Å². The highest BCUT2D eigenvalue weighted by atomic mass is 79.9. The Hall–Kier alpha value is -1.63. The number of aromatic nitrogens is 2. The molecule has 1 aromatic carbocycles. The van der Waals surface area contributed by atoms with E-state index in [1.807, 2.05) is 6.92 Å². The van der Waals surface area contributed by atoms with Gasteiger partial charge in [-0.1, -0.05) is 47.8 Å². The summed E-state index contributed by atoms with van der Waals surface area (Å²) < 4.78 is 40.7. The van der Waals surface area contributed by atoms with E-state index in [1.165, 1.54) is 0 Å². The molecule has 3 nitrogen and oxygen atoms in total. The Morgan fingerprint density at radius 2 is 1.78 bits per heavy atom. The molecule has 0 unspecified atom stereocenters. The molecule has 0 spiro atoms. The molecular formula is C16H17BrF3N3. The quantitative estimate of drug-likeness (QED) is 0.662. The largest absolute Gasteiger partial charge is 0.420 e. The average molecular weight is 388 g/mol. The van der Waals surface area contributed by atoms with Gasteiger partial charge < -0.3 is 5.32 Å². The molecule has 0 fully saturated rings. The summed E-state index contributed by atoms with van der Waals surface area (Å²) >= 11 is 3.29. The molecule has 0 aliphatic carbocycles. The molecule has 23 heavy (non-hydrogen) atoms. The fourth-order valence-electron chi connectivity index (χ4n) is 2.08. The number of benzene rings is 1. The van der Waals surface area contributed by atoms with Gasteiger partial charge in [0.05, 0.1) is 5.69 Å². The van der Waals surface area contributed by atoms with Gasteiger partial charge in [-0.15, -0.1) is 10.2 Å². The van der Waals surface area contributed by atoms with Crippen LogP contribution in [0.1, 0.15) is 31.7 Å². The van der Waals surface area contributed by atoms with Gasteiger partial charge in [0.15, 0.2) is 5.82 Å². The van der Waals surface area contributed by atoms with Crippen LogP contribution in [-0.2, 0) is 6.18 Å². The second kappa shape index (κ2) is 7.77. The summed E-state index contributed by atoms with van der Waals surface area (Å²) in [5.41, 5.74) is -0.00502. The van der Waals surface area contributed by atoms with Crippen molar-refractivity contribution < 1.29 is 13.2 Å². The molecule has 1 N–H and O–H groups in total. The van der Waals surface area contributed by atoms with E-state index in [1.54, 1.807) is 24.3 Å². The molecule has 124 valence electrons. The van der Waals surface area contributed by atoms with Crippen LogP contribution in [-0.4, -0.2) is 16.7 Å². The lowest BCUT2D eigenvalue weighted by molar-refractivity contribution is -0.137. The zero-order valence-electron chi connectivity index (χ0n) is 12.6. The minimum atomic E-state index is -4.48. The Bertz CT molecular complexity index is 642. The highest BCUT2D eigenvalue weighted by molar-refractivity contribution is 9.10. The number of anilines is 1. The molecule has 0 saturated heterocycles. The van der Waals surface area contributed by atoms with Gasteiger partial charge in [0, 0.05) is 16.6 Å². The minimum absolute atomic E-state index is 0.198. The van der Waals surface area contributed by atoms with Crippen molar-refractivity contribution >= 4 is 21.7 Å². The van der Waals surface area contributed by atoms with Gasteiger partial charge in [-0.25, -0.2) is 0 Å². The van der Waals surface area contributed by atoms with Crippen molar-refractivity contribution in [3.63, 3.8) is 0 Å². The number of nitrogens with one attached hydrogen (secondary N) is 1. The maximum absolute atomic E-state index is 13.3. The van der Waals surface area contributed by atoms with Crippen LogP contribution >= 0.6 is 15.9 Å². The van der Waals surface area contributed by atoms with Gasteiger partial charge in [-0.2, -0.15) is 13.2 Å². The van der Waals surface area contributed by atoms with Crippen LogP contribution < -0.4 is 5.32 Å². The zero-order valence-corrected chi connectivity index (χ0v) is 14.2. The Morgan fingerprint density at radius 1 is 1.09 bits per heavy atom. The number of hydrogen-bond donors (Lipinski definition) is 1. The molecule has 2 aromatic rings. The van der Waals surface area contributed by atoms with Crippen LogP contribution in [0.4, 0.5) is 19.0 Å². The number of alkyl halides is 3. The Labute approximate surface area is 141 Å². The van der Waals surface area contributed by atoms with Crippen molar-refractivity contribution in [2.45, 2.75) is 32.4 Å². The Balaban J connectivity index is 2.29. The second-order valence-electron chi connectivity index (χ2n) is 5.13. The normalized spacial score (nSPS) is 11.5. The molecule has 0 radical (unpaired) electrons. The molecule has 2 rings (SSSR count). The van der Waals surface area contributed by atoms with Crippen molar-refractivity contribution in [1.82, 2.24) is 10.2 Å². The topological polar surface area (TPSA) is 37.8 Å². The molecule has 1 aromatic heterocycles. The van der Waals surface area contributed by atoms with E-state index >= 15 is 0 Å².